The molecule has 1 unspecified atom stereocenters. The lowest BCUT2D eigenvalue weighted by Crippen LogP contribution is -2.44. The number of urea groups is 1. The summed E-state index contributed by atoms with van der Waals surface area (Å²) in [5.74, 6) is -0.923. The van der Waals surface area contributed by atoms with Crippen molar-refractivity contribution in [3.8, 4) is 0 Å². The van der Waals surface area contributed by atoms with Gasteiger partial charge in [-0.15, -0.1) is 0 Å². The highest BCUT2D eigenvalue weighted by Crippen LogP contribution is 2.32. The van der Waals surface area contributed by atoms with Gasteiger partial charge in [-0.2, -0.15) is 0 Å². The van der Waals surface area contributed by atoms with Crippen LogP contribution in [0, 0.1) is 9.49 Å². The number of hydrogen-bond acceptors (Lipinski definition) is 2. The zero-order valence-corrected chi connectivity index (χ0v) is 13.6. The molecule has 0 heterocycles. The number of benzene rings is 1. The lowest BCUT2D eigenvalue weighted by molar-refractivity contribution is -0.139. The first-order valence-corrected chi connectivity index (χ1v) is 7.60. The number of amides is 2. The number of carboxylic acids is 1. The van der Waals surface area contributed by atoms with E-state index in [1.165, 1.54) is 0 Å². The Morgan fingerprint density at radius 1 is 1.42 bits per heavy atom. The van der Waals surface area contributed by atoms with Gasteiger partial charge in [0.25, 0.3) is 0 Å². The molecule has 1 aliphatic carbocycles. The molecule has 102 valence electrons. The summed E-state index contributed by atoms with van der Waals surface area (Å²) >= 11 is 5.54. The average Bonchev–Trinajstić information content (AvgIpc) is 3.14. The van der Waals surface area contributed by atoms with Crippen molar-refractivity contribution in [2.24, 2.45) is 5.92 Å². The van der Waals surface area contributed by atoms with E-state index in [-0.39, 0.29) is 5.92 Å². The largest absolute Gasteiger partial charge is 0.480 e. The lowest BCUT2D eigenvalue weighted by atomic mass is 10.2. The maximum atomic E-state index is 11.8. The number of carbonyl (C=O) groups is 2. The molecule has 5 nitrogen and oxygen atoms in total. The topological polar surface area (TPSA) is 78.4 Å². The molecule has 3 N–H and O–H groups in total. The highest BCUT2D eigenvalue weighted by molar-refractivity contribution is 14.1. The van der Waals surface area contributed by atoms with E-state index in [1.54, 1.807) is 12.1 Å². The summed E-state index contributed by atoms with van der Waals surface area (Å²) < 4.78 is 1.91. The van der Waals surface area contributed by atoms with E-state index in [2.05, 4.69) is 49.2 Å². The summed E-state index contributed by atoms with van der Waals surface area (Å²) in [6.07, 6.45) is 1.71. The molecule has 0 spiro atoms. The molecule has 2 rings (SSSR count). The predicted molar refractivity (Wildman–Crippen MR) is 83.2 cm³/mol. The van der Waals surface area contributed by atoms with Crippen molar-refractivity contribution < 1.29 is 14.7 Å². The van der Waals surface area contributed by atoms with Crippen LogP contribution in [0.15, 0.2) is 22.7 Å². The Kier molecular flexibility index (Phi) is 4.67. The molecule has 0 saturated heterocycles. The minimum absolute atomic E-state index is 0.0618. The van der Waals surface area contributed by atoms with E-state index in [9.17, 15) is 9.59 Å². The van der Waals surface area contributed by atoms with Crippen LogP contribution in [0.25, 0.3) is 0 Å². The zero-order chi connectivity index (χ0) is 14.0. The summed E-state index contributed by atoms with van der Waals surface area (Å²) in [4.78, 5) is 22.8. The average molecular weight is 439 g/mol. The summed E-state index contributed by atoms with van der Waals surface area (Å²) in [6.45, 7) is 0. The molecule has 2 amide bonds. The molecule has 7 heteroatoms. The number of anilines is 1. The van der Waals surface area contributed by atoms with Crippen LogP contribution in [-0.4, -0.2) is 23.1 Å². The maximum Gasteiger partial charge on any atom is 0.326 e. The van der Waals surface area contributed by atoms with Gasteiger partial charge in [-0.05, 0) is 75.5 Å². The van der Waals surface area contributed by atoms with Crippen molar-refractivity contribution in [3.05, 3.63) is 26.2 Å². The summed E-state index contributed by atoms with van der Waals surface area (Å²) in [5.41, 5.74) is 0.615. The van der Waals surface area contributed by atoms with E-state index >= 15 is 0 Å². The van der Waals surface area contributed by atoms with E-state index in [0.29, 0.717) is 5.69 Å². The Morgan fingerprint density at radius 3 is 2.63 bits per heavy atom. The summed E-state index contributed by atoms with van der Waals surface area (Å²) in [6, 6.07) is 4.10. The minimum atomic E-state index is -0.985. The molecule has 0 bridgehead atoms. The number of halogens is 2. The fourth-order valence-corrected chi connectivity index (χ4v) is 2.41. The molecule has 1 saturated carbocycles. The van der Waals surface area contributed by atoms with Crippen LogP contribution in [0.4, 0.5) is 10.5 Å². The third-order valence-corrected chi connectivity index (χ3v) is 5.16. The Hall–Kier alpha value is -0.830. The van der Waals surface area contributed by atoms with Crippen LogP contribution in [0.3, 0.4) is 0 Å². The Labute approximate surface area is 132 Å². The first-order valence-electron chi connectivity index (χ1n) is 5.73. The third kappa shape index (κ3) is 4.07. The summed E-state index contributed by atoms with van der Waals surface area (Å²) in [7, 11) is 0. The van der Waals surface area contributed by atoms with Crippen molar-refractivity contribution in [2.75, 3.05) is 5.32 Å². The van der Waals surface area contributed by atoms with Gasteiger partial charge in [0.05, 0.1) is 0 Å². The van der Waals surface area contributed by atoms with Crippen molar-refractivity contribution in [2.45, 2.75) is 18.9 Å². The fourth-order valence-electron chi connectivity index (χ4n) is 1.69. The van der Waals surface area contributed by atoms with Crippen LogP contribution in [-0.2, 0) is 4.79 Å². The van der Waals surface area contributed by atoms with Gasteiger partial charge in [0, 0.05) is 13.7 Å². The standard InChI is InChI=1S/C12H12BrIN2O3/c13-8-5-7(3-4-9(8)14)15-12(19)16-10(11(17)18)6-1-2-6/h3-6,10H,1-2H2,(H,17,18)(H2,15,16,19). The Balaban J connectivity index is 1.96. The van der Waals surface area contributed by atoms with Gasteiger partial charge in [0.2, 0.25) is 0 Å². The molecule has 1 atom stereocenters. The van der Waals surface area contributed by atoms with Crippen molar-refractivity contribution in [1.29, 1.82) is 0 Å². The van der Waals surface area contributed by atoms with Gasteiger partial charge < -0.3 is 15.7 Å². The number of nitrogens with one attached hydrogen (secondary N) is 2. The summed E-state index contributed by atoms with van der Waals surface area (Å²) in [5, 5.41) is 14.2. The molecule has 1 aliphatic rings. The molecule has 0 aromatic heterocycles. The van der Waals surface area contributed by atoms with Gasteiger partial charge in [-0.25, -0.2) is 9.59 Å². The lowest BCUT2D eigenvalue weighted by Gasteiger charge is -2.14. The van der Waals surface area contributed by atoms with Crippen LogP contribution < -0.4 is 10.6 Å². The first kappa shape index (κ1) is 14.6. The second-order valence-electron chi connectivity index (χ2n) is 4.38. The van der Waals surface area contributed by atoms with Gasteiger partial charge >= 0.3 is 12.0 Å². The van der Waals surface area contributed by atoms with E-state index in [0.717, 1.165) is 20.9 Å². The zero-order valence-electron chi connectivity index (χ0n) is 9.82. The fraction of sp³-hybridized carbons (Fsp3) is 0.333. The van der Waals surface area contributed by atoms with Gasteiger partial charge in [0.15, 0.2) is 0 Å². The molecule has 0 aliphatic heterocycles. The number of hydrogen-bond donors (Lipinski definition) is 3. The Bertz CT molecular complexity index is 520. The first-order chi connectivity index (χ1) is 8.97. The van der Waals surface area contributed by atoms with E-state index in [4.69, 9.17) is 5.11 Å². The quantitative estimate of drug-likeness (QED) is 0.632. The van der Waals surface area contributed by atoms with Crippen molar-refractivity contribution in [3.63, 3.8) is 0 Å². The number of carbonyl (C=O) groups excluding carboxylic acids is 1. The van der Waals surface area contributed by atoms with Crippen LogP contribution in [0.5, 0.6) is 0 Å². The predicted octanol–water partition coefficient (Wildman–Crippen LogP) is 3.04. The van der Waals surface area contributed by atoms with E-state index in [1.807, 2.05) is 6.07 Å². The molecule has 19 heavy (non-hydrogen) atoms. The van der Waals surface area contributed by atoms with Gasteiger partial charge in [0.1, 0.15) is 6.04 Å². The monoisotopic (exact) mass is 438 g/mol. The number of rotatable bonds is 4. The molecular formula is C12H12BrIN2O3. The van der Waals surface area contributed by atoms with Crippen LogP contribution >= 0.6 is 38.5 Å². The molecular weight excluding hydrogens is 427 g/mol. The molecule has 1 fully saturated rings. The van der Waals surface area contributed by atoms with Crippen LogP contribution in [0.2, 0.25) is 0 Å². The maximum absolute atomic E-state index is 11.8. The second kappa shape index (κ2) is 6.08. The molecule has 1 aromatic carbocycles. The smallest absolute Gasteiger partial charge is 0.326 e. The highest BCUT2D eigenvalue weighted by Gasteiger charge is 2.37. The molecule has 1 aromatic rings. The second-order valence-corrected chi connectivity index (χ2v) is 6.40. The SMILES string of the molecule is O=C(Nc1ccc(I)c(Br)c1)NC(C(=O)O)C1CC1. The minimum Gasteiger partial charge on any atom is -0.480 e. The number of carboxylic acid groups (broad SMARTS) is 1. The Morgan fingerprint density at radius 2 is 2.11 bits per heavy atom. The van der Waals surface area contributed by atoms with E-state index < -0.39 is 18.0 Å². The number of aliphatic carboxylic acids is 1. The third-order valence-electron chi connectivity index (χ3n) is 2.82. The highest BCUT2D eigenvalue weighted by atomic mass is 127. The normalized spacial score (nSPS) is 15.7. The van der Waals surface area contributed by atoms with Crippen LogP contribution in [0.1, 0.15) is 12.8 Å². The van der Waals surface area contributed by atoms with Crippen molar-refractivity contribution in [1.82, 2.24) is 5.32 Å². The van der Waals surface area contributed by atoms with Crippen molar-refractivity contribution >= 4 is 56.2 Å². The van der Waals surface area contributed by atoms with Gasteiger partial charge in [-0.1, -0.05) is 0 Å². The molecule has 0 radical (unpaired) electrons. The van der Waals surface area contributed by atoms with Gasteiger partial charge in [-0.3, -0.25) is 0 Å².